The summed E-state index contributed by atoms with van der Waals surface area (Å²) in [7, 11) is 2.22. The van der Waals surface area contributed by atoms with Crippen molar-refractivity contribution in [2.75, 3.05) is 13.6 Å². The molecule has 0 saturated heterocycles. The van der Waals surface area contributed by atoms with Gasteiger partial charge in [0.25, 0.3) is 0 Å². The minimum absolute atomic E-state index is 0.649. The average Bonchev–Trinajstić information content (AvgIpc) is 2.95. The van der Waals surface area contributed by atoms with E-state index in [0.717, 1.165) is 25.3 Å². The van der Waals surface area contributed by atoms with Gasteiger partial charge >= 0.3 is 0 Å². The molecule has 1 heterocycles. The predicted molar refractivity (Wildman–Crippen MR) is 74.3 cm³/mol. The molecule has 0 amide bonds. The van der Waals surface area contributed by atoms with E-state index in [1.165, 1.54) is 25.0 Å². The summed E-state index contributed by atoms with van der Waals surface area (Å²) in [5, 5.41) is 4.51. The molecule has 0 radical (unpaired) electrons. The van der Waals surface area contributed by atoms with Gasteiger partial charge in [-0.2, -0.15) is 5.10 Å². The lowest BCUT2D eigenvalue weighted by Gasteiger charge is -2.29. The maximum absolute atomic E-state index is 5.87. The third-order valence-electron chi connectivity index (χ3n) is 4.18. The molecule has 2 unspecified atom stereocenters. The lowest BCUT2D eigenvalue weighted by atomic mass is 10.0. The topological polar surface area (TPSA) is 47.1 Å². The van der Waals surface area contributed by atoms with Crippen LogP contribution >= 0.6 is 0 Å². The molecule has 0 aromatic carbocycles. The van der Waals surface area contributed by atoms with E-state index in [9.17, 15) is 0 Å². The van der Waals surface area contributed by atoms with Crippen molar-refractivity contribution >= 4 is 0 Å². The Morgan fingerprint density at radius 1 is 1.50 bits per heavy atom. The summed E-state index contributed by atoms with van der Waals surface area (Å²) in [5.41, 5.74) is 8.30. The Bertz CT molecular complexity index is 385. The zero-order chi connectivity index (χ0) is 13.1. The van der Waals surface area contributed by atoms with Crippen molar-refractivity contribution in [1.82, 2.24) is 14.7 Å². The first-order valence-corrected chi connectivity index (χ1v) is 7.09. The van der Waals surface area contributed by atoms with Crippen LogP contribution in [0.3, 0.4) is 0 Å². The van der Waals surface area contributed by atoms with Crippen LogP contribution in [-0.4, -0.2) is 34.3 Å². The smallest absolute Gasteiger partial charge is 0.0597 e. The van der Waals surface area contributed by atoms with Crippen molar-refractivity contribution in [2.45, 2.75) is 52.2 Å². The molecule has 2 atom stereocenters. The molecule has 0 spiro atoms. The minimum Gasteiger partial charge on any atom is -0.330 e. The minimum atomic E-state index is 0.649. The lowest BCUT2D eigenvalue weighted by molar-refractivity contribution is 0.188. The van der Waals surface area contributed by atoms with Crippen LogP contribution in [-0.2, 0) is 13.1 Å². The summed E-state index contributed by atoms with van der Waals surface area (Å²) in [6.45, 7) is 6.96. The third kappa shape index (κ3) is 2.75. The summed E-state index contributed by atoms with van der Waals surface area (Å²) < 4.78 is 2.11. The number of rotatable bonds is 5. The Labute approximate surface area is 110 Å². The fourth-order valence-corrected chi connectivity index (χ4v) is 3.25. The molecule has 2 N–H and O–H groups in total. The third-order valence-corrected chi connectivity index (χ3v) is 4.18. The van der Waals surface area contributed by atoms with Crippen LogP contribution in [0.5, 0.6) is 0 Å². The molecule has 4 nitrogen and oxygen atoms in total. The standard InChI is InChI=1S/C14H26N4/c1-4-18-13(8-11(2)16-18)10-17(3)14-7-5-6-12(14)9-15/h8,12,14H,4-7,9-10,15H2,1-3H3. The average molecular weight is 250 g/mol. The van der Waals surface area contributed by atoms with E-state index in [4.69, 9.17) is 5.73 Å². The zero-order valence-electron chi connectivity index (χ0n) is 11.9. The normalized spacial score (nSPS) is 24.1. The molecule has 1 fully saturated rings. The largest absolute Gasteiger partial charge is 0.330 e. The fraction of sp³-hybridized carbons (Fsp3) is 0.786. The van der Waals surface area contributed by atoms with Gasteiger partial charge in [0.1, 0.15) is 0 Å². The van der Waals surface area contributed by atoms with Crippen LogP contribution in [0.2, 0.25) is 0 Å². The van der Waals surface area contributed by atoms with Gasteiger partial charge < -0.3 is 5.73 Å². The first-order valence-electron chi connectivity index (χ1n) is 7.09. The quantitative estimate of drug-likeness (QED) is 0.866. The molecule has 1 saturated carbocycles. The molecule has 2 rings (SSSR count). The van der Waals surface area contributed by atoms with Crippen molar-refractivity contribution in [2.24, 2.45) is 11.7 Å². The van der Waals surface area contributed by atoms with E-state index in [2.05, 4.69) is 41.6 Å². The summed E-state index contributed by atoms with van der Waals surface area (Å²) >= 11 is 0. The number of aromatic nitrogens is 2. The van der Waals surface area contributed by atoms with Crippen molar-refractivity contribution in [3.05, 3.63) is 17.5 Å². The first-order chi connectivity index (χ1) is 8.65. The fourth-order valence-electron chi connectivity index (χ4n) is 3.25. The summed E-state index contributed by atoms with van der Waals surface area (Å²) in [4.78, 5) is 2.47. The van der Waals surface area contributed by atoms with Crippen molar-refractivity contribution < 1.29 is 0 Å². The van der Waals surface area contributed by atoms with E-state index >= 15 is 0 Å². The molecule has 4 heteroatoms. The van der Waals surface area contributed by atoms with Gasteiger partial charge in [-0.25, -0.2) is 0 Å². The highest BCUT2D eigenvalue weighted by molar-refractivity contribution is 5.09. The van der Waals surface area contributed by atoms with Crippen LogP contribution in [0.15, 0.2) is 6.07 Å². The Hall–Kier alpha value is -0.870. The van der Waals surface area contributed by atoms with Crippen molar-refractivity contribution in [1.29, 1.82) is 0 Å². The predicted octanol–water partition coefficient (Wildman–Crippen LogP) is 1.77. The van der Waals surface area contributed by atoms with Gasteiger partial charge in [0.15, 0.2) is 0 Å². The highest BCUT2D eigenvalue weighted by Crippen LogP contribution is 2.29. The number of nitrogens with two attached hydrogens (primary N) is 1. The SMILES string of the molecule is CCn1nc(C)cc1CN(C)C1CCCC1CN. The highest BCUT2D eigenvalue weighted by atomic mass is 15.3. The summed E-state index contributed by atoms with van der Waals surface area (Å²) in [6.07, 6.45) is 3.90. The Balaban J connectivity index is 2.03. The van der Waals surface area contributed by atoms with Gasteiger partial charge in [-0.15, -0.1) is 0 Å². The number of nitrogens with zero attached hydrogens (tertiary/aromatic N) is 3. The van der Waals surface area contributed by atoms with Crippen LogP contribution in [0.25, 0.3) is 0 Å². The van der Waals surface area contributed by atoms with Crippen LogP contribution in [0.4, 0.5) is 0 Å². The van der Waals surface area contributed by atoms with Crippen LogP contribution in [0, 0.1) is 12.8 Å². The molecule has 102 valence electrons. The van der Waals surface area contributed by atoms with Gasteiger partial charge in [0.2, 0.25) is 0 Å². The maximum Gasteiger partial charge on any atom is 0.0597 e. The Kier molecular flexibility index (Phi) is 4.40. The monoisotopic (exact) mass is 250 g/mol. The molecular formula is C14H26N4. The molecular weight excluding hydrogens is 224 g/mol. The van der Waals surface area contributed by atoms with Crippen molar-refractivity contribution in [3.8, 4) is 0 Å². The molecule has 1 aromatic rings. The van der Waals surface area contributed by atoms with Gasteiger partial charge in [-0.3, -0.25) is 9.58 Å². The van der Waals surface area contributed by atoms with Crippen LogP contribution in [0.1, 0.15) is 37.6 Å². The van der Waals surface area contributed by atoms with E-state index in [1.54, 1.807) is 0 Å². The number of hydrogen-bond acceptors (Lipinski definition) is 3. The first kappa shape index (κ1) is 13.6. The van der Waals surface area contributed by atoms with Crippen molar-refractivity contribution in [3.63, 3.8) is 0 Å². The van der Waals surface area contributed by atoms with Crippen LogP contribution < -0.4 is 5.73 Å². The molecule has 0 aliphatic heterocycles. The molecule has 0 bridgehead atoms. The number of hydrogen-bond donors (Lipinski definition) is 1. The second kappa shape index (κ2) is 5.85. The Morgan fingerprint density at radius 3 is 2.94 bits per heavy atom. The summed E-state index contributed by atoms with van der Waals surface area (Å²) in [5.74, 6) is 0.675. The maximum atomic E-state index is 5.87. The molecule has 1 aliphatic rings. The van der Waals surface area contributed by atoms with E-state index in [-0.39, 0.29) is 0 Å². The highest BCUT2D eigenvalue weighted by Gasteiger charge is 2.29. The van der Waals surface area contributed by atoms with E-state index in [0.29, 0.717) is 12.0 Å². The zero-order valence-corrected chi connectivity index (χ0v) is 11.9. The van der Waals surface area contributed by atoms with Gasteiger partial charge in [0.05, 0.1) is 11.4 Å². The lowest BCUT2D eigenvalue weighted by Crippen LogP contribution is -2.37. The molecule has 1 aromatic heterocycles. The second-order valence-corrected chi connectivity index (χ2v) is 5.50. The molecule has 18 heavy (non-hydrogen) atoms. The van der Waals surface area contributed by atoms with E-state index in [1.807, 2.05) is 0 Å². The Morgan fingerprint density at radius 2 is 2.28 bits per heavy atom. The summed E-state index contributed by atoms with van der Waals surface area (Å²) in [6, 6.07) is 2.85. The van der Waals surface area contributed by atoms with Gasteiger partial charge in [0, 0.05) is 19.1 Å². The van der Waals surface area contributed by atoms with Gasteiger partial charge in [-0.05, 0) is 52.3 Å². The van der Waals surface area contributed by atoms with E-state index < -0.39 is 0 Å². The van der Waals surface area contributed by atoms with Gasteiger partial charge in [-0.1, -0.05) is 6.42 Å². The molecule has 1 aliphatic carbocycles. The number of aryl methyl sites for hydroxylation is 2. The second-order valence-electron chi connectivity index (χ2n) is 5.50.